The van der Waals surface area contributed by atoms with Crippen LogP contribution in [0.5, 0.6) is 0 Å². The lowest BCUT2D eigenvalue weighted by molar-refractivity contribution is 0.0697. The van der Waals surface area contributed by atoms with Gasteiger partial charge in [0.1, 0.15) is 0 Å². The summed E-state index contributed by atoms with van der Waals surface area (Å²) >= 11 is 3.32. The van der Waals surface area contributed by atoms with Crippen LogP contribution in [-0.2, 0) is 4.74 Å². The highest BCUT2D eigenvalue weighted by molar-refractivity contribution is 9.10. The lowest BCUT2D eigenvalue weighted by Gasteiger charge is -2.10. The minimum absolute atomic E-state index is 0.288. The summed E-state index contributed by atoms with van der Waals surface area (Å²) in [6.45, 7) is 2.55. The first-order valence-electron chi connectivity index (χ1n) is 6.00. The summed E-state index contributed by atoms with van der Waals surface area (Å²) in [4.78, 5) is 10.9. The zero-order valence-corrected chi connectivity index (χ0v) is 11.6. The molecule has 0 radical (unpaired) electrons. The van der Waals surface area contributed by atoms with Gasteiger partial charge in [-0.1, -0.05) is 15.9 Å². The highest BCUT2D eigenvalue weighted by atomic mass is 79.9. The Morgan fingerprint density at radius 2 is 2.33 bits per heavy atom. The highest BCUT2D eigenvalue weighted by Gasteiger charge is 2.14. The van der Waals surface area contributed by atoms with Gasteiger partial charge in [0, 0.05) is 29.9 Å². The summed E-state index contributed by atoms with van der Waals surface area (Å²) in [7, 11) is 0. The molecule has 1 unspecified atom stereocenters. The normalized spacial score (nSPS) is 18.8. The molecule has 0 bridgehead atoms. The molecule has 1 saturated heterocycles. The number of rotatable bonds is 5. The van der Waals surface area contributed by atoms with Crippen LogP contribution < -0.4 is 5.32 Å². The minimum atomic E-state index is -0.913. The summed E-state index contributed by atoms with van der Waals surface area (Å²) in [6, 6.07) is 5.13. The van der Waals surface area contributed by atoms with Crippen LogP contribution in [0.4, 0.5) is 5.69 Å². The Morgan fingerprint density at radius 1 is 1.50 bits per heavy atom. The Bertz CT molecular complexity index is 430. The van der Waals surface area contributed by atoms with Crippen LogP contribution in [-0.4, -0.2) is 30.8 Å². The molecule has 1 aromatic rings. The van der Waals surface area contributed by atoms with Crippen molar-refractivity contribution in [2.24, 2.45) is 5.92 Å². The third kappa shape index (κ3) is 3.71. The van der Waals surface area contributed by atoms with Crippen molar-refractivity contribution in [2.45, 2.75) is 12.8 Å². The number of hydrogen-bond donors (Lipinski definition) is 2. The molecule has 1 aromatic carbocycles. The van der Waals surface area contributed by atoms with Gasteiger partial charge in [0.25, 0.3) is 0 Å². The van der Waals surface area contributed by atoms with Crippen molar-refractivity contribution in [1.29, 1.82) is 0 Å². The van der Waals surface area contributed by atoms with Crippen molar-refractivity contribution in [3.63, 3.8) is 0 Å². The second-order valence-corrected chi connectivity index (χ2v) is 5.39. The molecule has 1 aliphatic heterocycles. The number of aromatic carboxylic acids is 1. The second kappa shape index (κ2) is 6.20. The molecule has 1 heterocycles. The molecule has 4 nitrogen and oxygen atoms in total. The van der Waals surface area contributed by atoms with E-state index in [9.17, 15) is 4.79 Å². The van der Waals surface area contributed by atoms with E-state index in [0.717, 1.165) is 42.8 Å². The molecule has 0 aromatic heterocycles. The van der Waals surface area contributed by atoms with Gasteiger partial charge >= 0.3 is 5.97 Å². The Morgan fingerprint density at radius 3 is 3.00 bits per heavy atom. The van der Waals surface area contributed by atoms with Crippen LogP contribution >= 0.6 is 15.9 Å². The van der Waals surface area contributed by atoms with Crippen molar-refractivity contribution >= 4 is 27.6 Å². The number of nitrogens with one attached hydrogen (secondary N) is 1. The average molecular weight is 314 g/mol. The molecule has 0 amide bonds. The van der Waals surface area contributed by atoms with E-state index in [2.05, 4.69) is 21.2 Å². The van der Waals surface area contributed by atoms with Gasteiger partial charge < -0.3 is 15.2 Å². The smallest absolute Gasteiger partial charge is 0.335 e. The van der Waals surface area contributed by atoms with Crippen molar-refractivity contribution in [3.05, 3.63) is 28.2 Å². The maximum absolute atomic E-state index is 10.9. The number of anilines is 1. The van der Waals surface area contributed by atoms with E-state index in [1.165, 1.54) is 0 Å². The molecule has 0 spiro atoms. The Kier molecular flexibility index (Phi) is 4.60. The standard InChI is InChI=1S/C13H16BrNO3/c14-11-5-10(13(16)17)6-12(7-11)15-3-1-9-2-4-18-8-9/h5-7,9,15H,1-4,8H2,(H,16,17). The zero-order valence-electron chi connectivity index (χ0n) is 9.99. The fourth-order valence-corrected chi connectivity index (χ4v) is 2.54. The summed E-state index contributed by atoms with van der Waals surface area (Å²) in [6.07, 6.45) is 2.18. The minimum Gasteiger partial charge on any atom is -0.478 e. The quantitative estimate of drug-likeness (QED) is 0.877. The zero-order chi connectivity index (χ0) is 13.0. The summed E-state index contributed by atoms with van der Waals surface area (Å²) in [5.74, 6) is -0.285. The van der Waals surface area contributed by atoms with Crippen LogP contribution in [0, 0.1) is 5.92 Å². The van der Waals surface area contributed by atoms with E-state index in [4.69, 9.17) is 9.84 Å². The number of carboxylic acids is 1. The fraction of sp³-hybridized carbons (Fsp3) is 0.462. The van der Waals surface area contributed by atoms with Crippen molar-refractivity contribution in [3.8, 4) is 0 Å². The highest BCUT2D eigenvalue weighted by Crippen LogP contribution is 2.21. The Labute approximate surface area is 114 Å². The van der Waals surface area contributed by atoms with E-state index in [1.54, 1.807) is 12.1 Å². The first kappa shape index (κ1) is 13.4. The SMILES string of the molecule is O=C(O)c1cc(Br)cc(NCCC2CCOC2)c1. The molecular weight excluding hydrogens is 298 g/mol. The Hall–Kier alpha value is -1.07. The van der Waals surface area contributed by atoms with Crippen molar-refractivity contribution in [1.82, 2.24) is 0 Å². The van der Waals surface area contributed by atoms with Gasteiger partial charge in [0.2, 0.25) is 0 Å². The molecule has 0 saturated carbocycles. The van der Waals surface area contributed by atoms with Gasteiger partial charge in [0.15, 0.2) is 0 Å². The first-order chi connectivity index (χ1) is 8.65. The largest absolute Gasteiger partial charge is 0.478 e. The molecule has 5 heteroatoms. The molecule has 0 aliphatic carbocycles. The number of carboxylic acid groups (broad SMARTS) is 1. The molecular formula is C13H16BrNO3. The van der Waals surface area contributed by atoms with E-state index < -0.39 is 5.97 Å². The van der Waals surface area contributed by atoms with Crippen LogP contribution in [0.3, 0.4) is 0 Å². The van der Waals surface area contributed by atoms with Crippen LogP contribution in [0.15, 0.2) is 22.7 Å². The number of carbonyl (C=O) groups is 1. The summed E-state index contributed by atoms with van der Waals surface area (Å²) < 4.78 is 6.09. The van der Waals surface area contributed by atoms with E-state index >= 15 is 0 Å². The number of halogens is 1. The molecule has 18 heavy (non-hydrogen) atoms. The number of benzene rings is 1. The fourth-order valence-electron chi connectivity index (χ4n) is 2.05. The molecule has 2 rings (SSSR count). The first-order valence-corrected chi connectivity index (χ1v) is 6.80. The lowest BCUT2D eigenvalue weighted by Crippen LogP contribution is -2.09. The molecule has 1 aliphatic rings. The Balaban J connectivity index is 1.89. The van der Waals surface area contributed by atoms with Gasteiger partial charge in [-0.2, -0.15) is 0 Å². The maximum Gasteiger partial charge on any atom is 0.335 e. The monoisotopic (exact) mass is 313 g/mol. The summed E-state index contributed by atoms with van der Waals surface area (Å²) in [5, 5.41) is 12.2. The van der Waals surface area contributed by atoms with Crippen LogP contribution in [0.1, 0.15) is 23.2 Å². The predicted octanol–water partition coefficient (Wildman–Crippen LogP) is 2.99. The average Bonchev–Trinajstić information content (AvgIpc) is 2.81. The van der Waals surface area contributed by atoms with Gasteiger partial charge in [-0.15, -0.1) is 0 Å². The molecule has 2 N–H and O–H groups in total. The predicted molar refractivity (Wildman–Crippen MR) is 73.1 cm³/mol. The molecule has 1 atom stereocenters. The number of hydrogen-bond acceptors (Lipinski definition) is 3. The molecule has 1 fully saturated rings. The summed E-state index contributed by atoms with van der Waals surface area (Å²) in [5.41, 5.74) is 1.12. The van der Waals surface area contributed by atoms with Gasteiger partial charge in [-0.25, -0.2) is 4.79 Å². The lowest BCUT2D eigenvalue weighted by atomic mass is 10.1. The third-order valence-corrected chi connectivity index (χ3v) is 3.51. The van der Waals surface area contributed by atoms with Gasteiger partial charge in [0.05, 0.1) is 5.56 Å². The van der Waals surface area contributed by atoms with E-state index in [0.29, 0.717) is 5.92 Å². The third-order valence-electron chi connectivity index (χ3n) is 3.05. The van der Waals surface area contributed by atoms with Crippen molar-refractivity contribution in [2.75, 3.05) is 25.1 Å². The second-order valence-electron chi connectivity index (χ2n) is 4.48. The van der Waals surface area contributed by atoms with Gasteiger partial charge in [-0.05, 0) is 37.0 Å². The van der Waals surface area contributed by atoms with E-state index in [1.807, 2.05) is 6.07 Å². The van der Waals surface area contributed by atoms with Crippen LogP contribution in [0.2, 0.25) is 0 Å². The topological polar surface area (TPSA) is 58.6 Å². The molecule has 98 valence electrons. The van der Waals surface area contributed by atoms with Crippen molar-refractivity contribution < 1.29 is 14.6 Å². The van der Waals surface area contributed by atoms with Crippen LogP contribution in [0.25, 0.3) is 0 Å². The van der Waals surface area contributed by atoms with E-state index in [-0.39, 0.29) is 5.56 Å². The number of ether oxygens (including phenoxy) is 1. The van der Waals surface area contributed by atoms with Gasteiger partial charge in [-0.3, -0.25) is 0 Å². The maximum atomic E-state index is 10.9.